The summed E-state index contributed by atoms with van der Waals surface area (Å²) in [6, 6.07) is 8.56. The summed E-state index contributed by atoms with van der Waals surface area (Å²) < 4.78 is 4.74. The van der Waals surface area contributed by atoms with Crippen LogP contribution in [-0.2, 0) is 0 Å². The van der Waals surface area contributed by atoms with Gasteiger partial charge in [0.2, 0.25) is 5.76 Å². The van der Waals surface area contributed by atoms with Crippen LogP contribution in [0.15, 0.2) is 45.9 Å². The first-order valence-electron chi connectivity index (χ1n) is 4.14. The molecule has 2 aromatic rings. The largest absolute Gasteiger partial charge is 0.352 e. The molecule has 0 aliphatic carbocycles. The van der Waals surface area contributed by atoms with E-state index in [2.05, 4.69) is 5.16 Å². The summed E-state index contributed by atoms with van der Waals surface area (Å²) >= 11 is 6.80. The van der Waals surface area contributed by atoms with E-state index in [1.165, 1.54) is 12.3 Å². The summed E-state index contributed by atoms with van der Waals surface area (Å²) in [7, 11) is 0. The van der Waals surface area contributed by atoms with Crippen molar-refractivity contribution in [1.29, 1.82) is 0 Å². The van der Waals surface area contributed by atoms with E-state index in [1.54, 1.807) is 24.3 Å². The van der Waals surface area contributed by atoms with Crippen molar-refractivity contribution in [3.63, 3.8) is 0 Å². The second-order valence-corrected chi connectivity index (χ2v) is 4.20. The van der Waals surface area contributed by atoms with Crippen LogP contribution in [0.3, 0.4) is 0 Å². The van der Waals surface area contributed by atoms with E-state index in [0.29, 0.717) is 5.02 Å². The minimum Gasteiger partial charge on any atom is -0.352 e. The number of benzene rings is 1. The van der Waals surface area contributed by atoms with Crippen molar-refractivity contribution >= 4 is 28.5 Å². The molecule has 0 unspecified atom stereocenters. The van der Waals surface area contributed by atoms with Crippen molar-refractivity contribution < 1.29 is 9.32 Å². The highest BCUT2D eigenvalue weighted by atomic mass is 35.5. The zero-order valence-electron chi connectivity index (χ0n) is 7.51. The Hall–Kier alpha value is -1.26. The quantitative estimate of drug-likeness (QED) is 0.755. The fraction of sp³-hybridized carbons (Fsp3) is 0. The Kier molecular flexibility index (Phi) is 3.08. The standard InChI is InChI=1S/C10H6ClNO2S/c11-7-1-3-8(4-2-7)15-10(13)9-5-6-12-14-9/h1-6H. The lowest BCUT2D eigenvalue weighted by atomic mass is 10.4. The highest BCUT2D eigenvalue weighted by Crippen LogP contribution is 2.23. The first kappa shape index (κ1) is 10.3. The minimum atomic E-state index is -0.171. The van der Waals surface area contributed by atoms with Crippen molar-refractivity contribution in [2.24, 2.45) is 0 Å². The molecular weight excluding hydrogens is 234 g/mol. The van der Waals surface area contributed by atoms with Crippen LogP contribution in [0.25, 0.3) is 0 Å². The van der Waals surface area contributed by atoms with E-state index in [9.17, 15) is 4.79 Å². The third-order valence-corrected chi connectivity index (χ3v) is 2.81. The molecule has 1 heterocycles. The molecule has 0 bridgehead atoms. The predicted molar refractivity (Wildman–Crippen MR) is 58.1 cm³/mol. The van der Waals surface area contributed by atoms with E-state index in [0.717, 1.165) is 16.7 Å². The molecule has 0 radical (unpaired) electrons. The molecule has 0 saturated carbocycles. The smallest absolute Gasteiger partial charge is 0.262 e. The van der Waals surface area contributed by atoms with Gasteiger partial charge in [-0.15, -0.1) is 0 Å². The number of thioether (sulfide) groups is 1. The van der Waals surface area contributed by atoms with Gasteiger partial charge in [-0.2, -0.15) is 0 Å². The molecular formula is C10H6ClNO2S. The first-order chi connectivity index (χ1) is 7.25. The second kappa shape index (κ2) is 4.51. The molecule has 0 saturated heterocycles. The maximum atomic E-state index is 11.6. The van der Waals surface area contributed by atoms with Gasteiger partial charge in [-0.3, -0.25) is 4.79 Å². The van der Waals surface area contributed by atoms with Crippen LogP contribution < -0.4 is 0 Å². The highest BCUT2D eigenvalue weighted by molar-refractivity contribution is 8.14. The normalized spacial score (nSPS) is 10.2. The molecule has 76 valence electrons. The van der Waals surface area contributed by atoms with Crippen molar-refractivity contribution in [3.05, 3.63) is 47.3 Å². The zero-order chi connectivity index (χ0) is 10.7. The van der Waals surface area contributed by atoms with E-state index in [4.69, 9.17) is 16.1 Å². The van der Waals surface area contributed by atoms with Gasteiger partial charge in [0.1, 0.15) is 0 Å². The van der Waals surface area contributed by atoms with E-state index >= 15 is 0 Å². The summed E-state index contributed by atoms with van der Waals surface area (Å²) in [5.41, 5.74) is 0. The second-order valence-electron chi connectivity index (χ2n) is 2.72. The first-order valence-corrected chi connectivity index (χ1v) is 5.33. The number of carbonyl (C=O) groups excluding carboxylic acids is 1. The Bertz CT molecular complexity index is 453. The average Bonchev–Trinajstić information content (AvgIpc) is 2.74. The van der Waals surface area contributed by atoms with Gasteiger partial charge in [0, 0.05) is 16.0 Å². The fourth-order valence-corrected chi connectivity index (χ4v) is 1.80. The van der Waals surface area contributed by atoms with Crippen molar-refractivity contribution in [1.82, 2.24) is 5.16 Å². The van der Waals surface area contributed by atoms with E-state index in [-0.39, 0.29) is 10.9 Å². The lowest BCUT2D eigenvalue weighted by molar-refractivity contribution is 0.105. The third-order valence-electron chi connectivity index (χ3n) is 1.66. The lowest BCUT2D eigenvalue weighted by Gasteiger charge is -1.97. The zero-order valence-corrected chi connectivity index (χ0v) is 9.09. The average molecular weight is 240 g/mol. The number of rotatable bonds is 2. The van der Waals surface area contributed by atoms with Gasteiger partial charge < -0.3 is 4.52 Å². The molecule has 0 fully saturated rings. The van der Waals surface area contributed by atoms with Crippen LogP contribution in [0.1, 0.15) is 10.6 Å². The molecule has 5 heteroatoms. The van der Waals surface area contributed by atoms with Gasteiger partial charge in [0.15, 0.2) is 0 Å². The number of hydrogen-bond acceptors (Lipinski definition) is 4. The SMILES string of the molecule is O=C(Sc1ccc(Cl)cc1)c1ccno1. The van der Waals surface area contributed by atoms with Crippen molar-refractivity contribution in [2.75, 3.05) is 0 Å². The van der Waals surface area contributed by atoms with Gasteiger partial charge in [-0.25, -0.2) is 0 Å². The molecule has 0 atom stereocenters. The predicted octanol–water partition coefficient (Wildman–Crippen LogP) is 3.26. The molecule has 3 nitrogen and oxygen atoms in total. The topological polar surface area (TPSA) is 43.1 Å². The molecule has 1 aromatic heterocycles. The Labute approximate surface area is 95.4 Å². The molecule has 0 aliphatic rings. The lowest BCUT2D eigenvalue weighted by Crippen LogP contribution is -1.89. The molecule has 0 N–H and O–H groups in total. The van der Waals surface area contributed by atoms with Gasteiger partial charge in [0.05, 0.1) is 6.20 Å². The third kappa shape index (κ3) is 2.61. The van der Waals surface area contributed by atoms with Crippen molar-refractivity contribution in [3.8, 4) is 0 Å². The Balaban J connectivity index is 2.09. The van der Waals surface area contributed by atoms with Gasteiger partial charge >= 0.3 is 0 Å². The molecule has 0 aliphatic heterocycles. The summed E-state index contributed by atoms with van der Waals surface area (Å²) in [5.74, 6) is 0.245. The molecule has 1 aromatic carbocycles. The highest BCUT2D eigenvalue weighted by Gasteiger charge is 2.11. The molecule has 15 heavy (non-hydrogen) atoms. The van der Waals surface area contributed by atoms with Crippen LogP contribution in [0.5, 0.6) is 0 Å². The number of halogens is 1. The Morgan fingerprint density at radius 2 is 2.00 bits per heavy atom. The van der Waals surface area contributed by atoms with Crippen LogP contribution in [0, 0.1) is 0 Å². The van der Waals surface area contributed by atoms with E-state index < -0.39 is 0 Å². The summed E-state index contributed by atoms with van der Waals surface area (Å²) in [6.45, 7) is 0. The maximum absolute atomic E-state index is 11.6. The summed E-state index contributed by atoms with van der Waals surface area (Å²) in [6.07, 6.45) is 1.44. The Morgan fingerprint density at radius 3 is 2.60 bits per heavy atom. The summed E-state index contributed by atoms with van der Waals surface area (Å²) in [4.78, 5) is 12.4. The Morgan fingerprint density at radius 1 is 1.27 bits per heavy atom. The van der Waals surface area contributed by atoms with Crippen LogP contribution >= 0.6 is 23.4 Å². The van der Waals surface area contributed by atoms with E-state index in [1.807, 2.05) is 0 Å². The maximum Gasteiger partial charge on any atom is 0.262 e. The summed E-state index contributed by atoms with van der Waals surface area (Å²) in [5, 5.41) is 3.94. The number of hydrogen-bond donors (Lipinski definition) is 0. The number of aromatic nitrogens is 1. The number of nitrogens with zero attached hydrogens (tertiary/aromatic N) is 1. The van der Waals surface area contributed by atoms with Crippen LogP contribution in [0.4, 0.5) is 0 Å². The van der Waals surface area contributed by atoms with Gasteiger partial charge in [-0.05, 0) is 36.0 Å². The van der Waals surface area contributed by atoms with Gasteiger partial charge in [0.25, 0.3) is 5.12 Å². The minimum absolute atomic E-state index is 0.171. The molecule has 2 rings (SSSR count). The molecule has 0 amide bonds. The number of carbonyl (C=O) groups is 1. The monoisotopic (exact) mass is 239 g/mol. The van der Waals surface area contributed by atoms with Crippen molar-refractivity contribution in [2.45, 2.75) is 4.90 Å². The van der Waals surface area contributed by atoms with Crippen LogP contribution in [0.2, 0.25) is 5.02 Å². The molecule has 0 spiro atoms. The fourth-order valence-electron chi connectivity index (χ4n) is 0.981. The van der Waals surface area contributed by atoms with Crippen LogP contribution in [-0.4, -0.2) is 10.3 Å². The van der Waals surface area contributed by atoms with Gasteiger partial charge in [-0.1, -0.05) is 16.8 Å².